The van der Waals surface area contributed by atoms with Crippen molar-refractivity contribution in [2.24, 2.45) is 0 Å². The smallest absolute Gasteiger partial charge is 0.407 e. The van der Waals surface area contributed by atoms with Gasteiger partial charge in [-0.15, -0.1) is 0 Å². The van der Waals surface area contributed by atoms with Crippen LogP contribution in [-0.4, -0.2) is 59.4 Å². The Balaban J connectivity index is 2.36. The number of carbonyl (C=O) groups excluding carboxylic acids is 2. The number of ether oxygens (including phenoxy) is 1. The molecule has 0 aromatic heterocycles. The molecule has 3 N–H and O–H groups in total. The quantitative estimate of drug-likeness (QED) is 0.663. The molecule has 8 heteroatoms. The van der Waals surface area contributed by atoms with Gasteiger partial charge in [-0.25, -0.2) is 9.59 Å². The van der Waals surface area contributed by atoms with Crippen molar-refractivity contribution in [1.29, 1.82) is 0 Å². The molecule has 0 aliphatic carbocycles. The minimum atomic E-state index is -1.18. The molecule has 1 heterocycles. The number of hydrogen-bond donors (Lipinski definition) is 3. The first kappa shape index (κ1) is 19.1. The van der Waals surface area contributed by atoms with E-state index in [0.717, 1.165) is 12.8 Å². The molecule has 1 aliphatic rings. The lowest BCUT2D eigenvalue weighted by Gasteiger charge is -2.24. The minimum absolute atomic E-state index is 0.192. The lowest BCUT2D eigenvalue weighted by Crippen LogP contribution is -2.47. The number of amides is 3. The van der Waals surface area contributed by atoms with Gasteiger partial charge in [-0.05, 0) is 46.5 Å². The first-order chi connectivity index (χ1) is 10.7. The summed E-state index contributed by atoms with van der Waals surface area (Å²) in [5.74, 6) is -0.192. The van der Waals surface area contributed by atoms with Crippen LogP contribution in [0, 0.1) is 0 Å². The van der Waals surface area contributed by atoms with E-state index >= 15 is 0 Å². The predicted molar refractivity (Wildman–Crippen MR) is 84.2 cm³/mol. The summed E-state index contributed by atoms with van der Waals surface area (Å²) in [4.78, 5) is 36.2. The largest absolute Gasteiger partial charge is 0.465 e. The molecule has 0 radical (unpaired) electrons. The second kappa shape index (κ2) is 8.59. The van der Waals surface area contributed by atoms with Crippen molar-refractivity contribution >= 4 is 18.1 Å². The van der Waals surface area contributed by atoms with E-state index in [4.69, 9.17) is 9.84 Å². The lowest BCUT2D eigenvalue weighted by atomic mass is 10.1. The molecule has 1 saturated heterocycles. The molecule has 1 aliphatic heterocycles. The fraction of sp³-hybridized carbons (Fsp3) is 0.800. The maximum Gasteiger partial charge on any atom is 0.407 e. The number of likely N-dealkylation sites (tertiary alicyclic amines) is 1. The van der Waals surface area contributed by atoms with Crippen LogP contribution in [0.25, 0.3) is 0 Å². The zero-order valence-corrected chi connectivity index (χ0v) is 14.1. The Morgan fingerprint density at radius 2 is 2.04 bits per heavy atom. The zero-order valence-electron chi connectivity index (χ0n) is 14.1. The van der Waals surface area contributed by atoms with Gasteiger partial charge < -0.3 is 25.4 Å². The highest BCUT2D eigenvalue weighted by Gasteiger charge is 2.27. The summed E-state index contributed by atoms with van der Waals surface area (Å²) in [5.41, 5.74) is -0.541. The molecule has 0 aromatic carbocycles. The van der Waals surface area contributed by atoms with Gasteiger partial charge in [0.1, 0.15) is 11.6 Å². The van der Waals surface area contributed by atoms with Gasteiger partial charge in [0.25, 0.3) is 0 Å². The normalized spacial score (nSPS) is 19.0. The van der Waals surface area contributed by atoms with Crippen molar-refractivity contribution in [1.82, 2.24) is 15.5 Å². The summed E-state index contributed by atoms with van der Waals surface area (Å²) < 4.78 is 5.13. The molecule has 0 spiro atoms. The number of alkyl carbamates (subject to hydrolysis) is 1. The van der Waals surface area contributed by atoms with Gasteiger partial charge in [0, 0.05) is 19.6 Å². The summed E-state index contributed by atoms with van der Waals surface area (Å²) in [7, 11) is 0. The highest BCUT2D eigenvalue weighted by atomic mass is 16.6. The van der Waals surface area contributed by atoms with E-state index in [2.05, 4.69) is 10.6 Å². The van der Waals surface area contributed by atoms with Crippen molar-refractivity contribution in [2.45, 2.75) is 58.1 Å². The number of hydrogen-bond acceptors (Lipinski definition) is 4. The van der Waals surface area contributed by atoms with E-state index in [9.17, 15) is 14.4 Å². The Kier molecular flexibility index (Phi) is 7.12. The molecule has 1 fully saturated rings. The molecule has 1 atom stereocenters. The fourth-order valence-corrected chi connectivity index (χ4v) is 2.38. The van der Waals surface area contributed by atoms with Crippen molar-refractivity contribution in [3.8, 4) is 0 Å². The molecule has 23 heavy (non-hydrogen) atoms. The van der Waals surface area contributed by atoms with Crippen LogP contribution in [0.2, 0.25) is 0 Å². The Bertz CT molecular complexity index is 433. The van der Waals surface area contributed by atoms with Crippen LogP contribution in [0.1, 0.15) is 46.5 Å². The maximum atomic E-state index is 12.3. The molecular formula is C15H27N3O5. The van der Waals surface area contributed by atoms with Crippen molar-refractivity contribution in [2.75, 3.05) is 19.6 Å². The average molecular weight is 329 g/mol. The van der Waals surface area contributed by atoms with Crippen LogP contribution in [0.5, 0.6) is 0 Å². The number of nitrogens with zero attached hydrogens (tertiary/aromatic N) is 1. The summed E-state index contributed by atoms with van der Waals surface area (Å²) in [6.07, 6.45) is 1.11. The van der Waals surface area contributed by atoms with Gasteiger partial charge in [0.2, 0.25) is 5.91 Å². The second-order valence-electron chi connectivity index (χ2n) is 6.61. The van der Waals surface area contributed by atoms with E-state index in [1.54, 1.807) is 25.7 Å². The van der Waals surface area contributed by atoms with Crippen LogP contribution in [0.15, 0.2) is 0 Å². The molecule has 1 rings (SSSR count). The van der Waals surface area contributed by atoms with Crippen LogP contribution in [-0.2, 0) is 9.53 Å². The molecular weight excluding hydrogens is 302 g/mol. The predicted octanol–water partition coefficient (Wildman–Crippen LogP) is 1.55. The second-order valence-corrected chi connectivity index (χ2v) is 6.61. The van der Waals surface area contributed by atoms with Crippen LogP contribution < -0.4 is 10.6 Å². The third-order valence-corrected chi connectivity index (χ3v) is 3.35. The summed E-state index contributed by atoms with van der Waals surface area (Å²) in [5, 5.41) is 13.7. The van der Waals surface area contributed by atoms with Crippen molar-refractivity contribution < 1.29 is 24.2 Å². The summed E-state index contributed by atoms with van der Waals surface area (Å²) in [6.45, 7) is 6.86. The highest BCUT2D eigenvalue weighted by Crippen LogP contribution is 2.12. The van der Waals surface area contributed by atoms with Crippen LogP contribution >= 0.6 is 0 Å². The fourth-order valence-electron chi connectivity index (χ4n) is 2.38. The summed E-state index contributed by atoms with van der Waals surface area (Å²) in [6, 6.07) is -0.672. The topological polar surface area (TPSA) is 108 Å². The van der Waals surface area contributed by atoms with Crippen molar-refractivity contribution in [3.05, 3.63) is 0 Å². The molecule has 0 unspecified atom stereocenters. The van der Waals surface area contributed by atoms with Gasteiger partial charge >= 0.3 is 12.2 Å². The van der Waals surface area contributed by atoms with Crippen LogP contribution in [0.3, 0.4) is 0 Å². The van der Waals surface area contributed by atoms with E-state index in [0.29, 0.717) is 32.5 Å². The average Bonchev–Trinajstić information content (AvgIpc) is 2.56. The van der Waals surface area contributed by atoms with Gasteiger partial charge in [-0.1, -0.05) is 0 Å². The molecule has 0 saturated carbocycles. The third-order valence-electron chi connectivity index (χ3n) is 3.35. The Morgan fingerprint density at radius 1 is 1.35 bits per heavy atom. The monoisotopic (exact) mass is 329 g/mol. The van der Waals surface area contributed by atoms with Gasteiger partial charge in [0.05, 0.1) is 0 Å². The first-order valence-corrected chi connectivity index (χ1v) is 7.94. The molecule has 0 bridgehead atoms. The molecule has 0 aromatic rings. The highest BCUT2D eigenvalue weighted by molar-refractivity contribution is 5.85. The van der Waals surface area contributed by atoms with Crippen LogP contribution in [0.4, 0.5) is 9.59 Å². The molecule has 8 nitrogen and oxygen atoms in total. The molecule has 132 valence electrons. The zero-order chi connectivity index (χ0) is 17.5. The Hall–Kier alpha value is -1.99. The maximum absolute atomic E-state index is 12.3. The summed E-state index contributed by atoms with van der Waals surface area (Å²) >= 11 is 0. The number of nitrogens with one attached hydrogen (secondary N) is 2. The van der Waals surface area contributed by atoms with E-state index < -0.39 is 23.8 Å². The van der Waals surface area contributed by atoms with E-state index in [-0.39, 0.29) is 5.91 Å². The first-order valence-electron chi connectivity index (χ1n) is 7.94. The molecule has 3 amide bonds. The third kappa shape index (κ3) is 7.71. The van der Waals surface area contributed by atoms with Gasteiger partial charge in [0.15, 0.2) is 0 Å². The van der Waals surface area contributed by atoms with Gasteiger partial charge in [-0.2, -0.15) is 0 Å². The standard InChI is InChI=1S/C15H27N3O5/c1-15(2,3)23-14(22)16-8-6-10-18-9-5-4-7-11(12(18)19)17-13(20)21/h11,17H,4-10H2,1-3H3,(H,16,22)(H,20,21)/t11-/m0/s1. The number of rotatable bonds is 5. The Morgan fingerprint density at radius 3 is 2.65 bits per heavy atom. The number of carbonyl (C=O) groups is 3. The van der Waals surface area contributed by atoms with Gasteiger partial charge in [-0.3, -0.25) is 4.79 Å². The minimum Gasteiger partial charge on any atom is -0.465 e. The Labute approximate surface area is 136 Å². The van der Waals surface area contributed by atoms with E-state index in [1.807, 2.05) is 0 Å². The van der Waals surface area contributed by atoms with Crippen molar-refractivity contribution in [3.63, 3.8) is 0 Å². The lowest BCUT2D eigenvalue weighted by molar-refractivity contribution is -0.132. The SMILES string of the molecule is CC(C)(C)OC(=O)NCCCN1CCCC[C@H](NC(=O)O)C1=O. The number of carboxylic acid groups (broad SMARTS) is 1. The van der Waals surface area contributed by atoms with E-state index in [1.165, 1.54) is 0 Å².